The molecule has 0 fully saturated rings. The van der Waals surface area contributed by atoms with Crippen LogP contribution in [-0.2, 0) is 4.79 Å². The Morgan fingerprint density at radius 3 is 2.50 bits per heavy atom. The number of nitrogens with one attached hydrogen (secondary N) is 1. The third kappa shape index (κ3) is 5.58. The van der Waals surface area contributed by atoms with Gasteiger partial charge in [0.2, 0.25) is 5.91 Å². The molecule has 0 aliphatic rings. The summed E-state index contributed by atoms with van der Waals surface area (Å²) >= 11 is 0. The Kier molecular flexibility index (Phi) is 6.86. The van der Waals surface area contributed by atoms with Gasteiger partial charge in [-0.2, -0.15) is 0 Å². The monoisotopic (exact) mass is 337 g/mol. The Bertz CT molecular complexity index is 596. The summed E-state index contributed by atoms with van der Waals surface area (Å²) in [6, 6.07) is 4.31. The molecule has 24 heavy (non-hydrogen) atoms. The maximum absolute atomic E-state index is 12.1. The number of nitrogens with zero attached hydrogens (tertiary/aromatic N) is 2. The van der Waals surface area contributed by atoms with Gasteiger partial charge in [0.15, 0.2) is 0 Å². The van der Waals surface area contributed by atoms with E-state index in [2.05, 4.69) is 5.32 Å². The zero-order valence-electron chi connectivity index (χ0n) is 15.0. The molecule has 1 aromatic carbocycles. The highest BCUT2D eigenvalue weighted by atomic mass is 16.6. The van der Waals surface area contributed by atoms with Gasteiger partial charge in [-0.1, -0.05) is 20.8 Å². The molecule has 1 atom stereocenters. The second-order valence-corrected chi connectivity index (χ2v) is 7.10. The second kappa shape index (κ2) is 8.21. The number of hydrogen-bond acceptors (Lipinski definition) is 5. The number of aliphatic hydroxyl groups excluding tert-OH is 1. The van der Waals surface area contributed by atoms with E-state index in [0.29, 0.717) is 17.8 Å². The van der Waals surface area contributed by atoms with E-state index in [-0.39, 0.29) is 36.1 Å². The molecule has 1 amide bonds. The Morgan fingerprint density at radius 2 is 2.04 bits per heavy atom. The van der Waals surface area contributed by atoms with Gasteiger partial charge in [-0.3, -0.25) is 14.9 Å². The summed E-state index contributed by atoms with van der Waals surface area (Å²) in [6.45, 7) is 8.40. The summed E-state index contributed by atoms with van der Waals surface area (Å²) in [4.78, 5) is 24.4. The molecule has 0 bridgehead atoms. The molecule has 1 unspecified atom stereocenters. The van der Waals surface area contributed by atoms with Gasteiger partial charge < -0.3 is 15.3 Å². The Balaban J connectivity index is 2.62. The number of benzene rings is 1. The van der Waals surface area contributed by atoms with Crippen LogP contribution in [0.3, 0.4) is 0 Å². The minimum Gasteiger partial charge on any atom is -0.395 e. The first-order valence-electron chi connectivity index (χ1n) is 7.92. The number of non-ortho nitro benzene ring substituents is 1. The first kappa shape index (κ1) is 20.1. The predicted octanol–water partition coefficient (Wildman–Crippen LogP) is 2.57. The van der Waals surface area contributed by atoms with E-state index in [4.69, 9.17) is 0 Å². The van der Waals surface area contributed by atoms with E-state index in [1.165, 1.54) is 12.1 Å². The van der Waals surface area contributed by atoms with Crippen molar-refractivity contribution in [2.45, 2.75) is 40.2 Å². The molecule has 0 heterocycles. The van der Waals surface area contributed by atoms with Crippen molar-refractivity contribution in [3.63, 3.8) is 0 Å². The third-order valence-electron chi connectivity index (χ3n) is 4.09. The van der Waals surface area contributed by atoms with Gasteiger partial charge in [-0.15, -0.1) is 0 Å². The van der Waals surface area contributed by atoms with Gasteiger partial charge in [-0.25, -0.2) is 0 Å². The number of nitro benzene ring substituents is 1. The van der Waals surface area contributed by atoms with Gasteiger partial charge in [0.25, 0.3) is 5.69 Å². The lowest BCUT2D eigenvalue weighted by Gasteiger charge is -2.36. The van der Waals surface area contributed by atoms with Crippen LogP contribution in [0, 0.1) is 22.5 Å². The van der Waals surface area contributed by atoms with Crippen molar-refractivity contribution in [1.29, 1.82) is 0 Å². The molecule has 2 N–H and O–H groups in total. The number of carbonyl (C=O) groups excluding carboxylic acids is 1. The van der Waals surface area contributed by atoms with E-state index in [9.17, 15) is 20.0 Å². The van der Waals surface area contributed by atoms with Crippen molar-refractivity contribution in [1.82, 2.24) is 4.90 Å². The summed E-state index contributed by atoms with van der Waals surface area (Å²) in [7, 11) is 1.89. The van der Waals surface area contributed by atoms with Crippen molar-refractivity contribution >= 4 is 17.3 Å². The van der Waals surface area contributed by atoms with E-state index in [1.54, 1.807) is 13.0 Å². The van der Waals surface area contributed by atoms with E-state index < -0.39 is 4.92 Å². The zero-order chi connectivity index (χ0) is 18.5. The summed E-state index contributed by atoms with van der Waals surface area (Å²) in [5.41, 5.74) is 1.13. The fraction of sp³-hybridized carbons (Fsp3) is 0.588. The van der Waals surface area contributed by atoms with Crippen LogP contribution in [0.15, 0.2) is 18.2 Å². The SMILES string of the molecule is Cc1cc([N+](=O)[O-])ccc1NC(=O)CCN(C)C(CO)C(C)(C)C. The molecule has 7 nitrogen and oxygen atoms in total. The number of anilines is 1. The average Bonchev–Trinajstić information content (AvgIpc) is 2.46. The number of aliphatic hydroxyl groups is 1. The van der Waals surface area contributed by atoms with E-state index in [1.807, 2.05) is 32.7 Å². The Hall–Kier alpha value is -1.99. The largest absolute Gasteiger partial charge is 0.395 e. The smallest absolute Gasteiger partial charge is 0.269 e. The number of likely N-dealkylation sites (N-methyl/N-ethyl adjacent to an activating group) is 1. The number of carbonyl (C=O) groups is 1. The molecule has 0 aliphatic carbocycles. The molecular formula is C17H27N3O4. The Labute approximate surface area is 142 Å². The van der Waals surface area contributed by atoms with Crippen molar-refractivity contribution in [3.8, 4) is 0 Å². The van der Waals surface area contributed by atoms with E-state index in [0.717, 1.165) is 0 Å². The fourth-order valence-corrected chi connectivity index (χ4v) is 2.62. The average molecular weight is 337 g/mol. The van der Waals surface area contributed by atoms with Crippen LogP contribution in [0.1, 0.15) is 32.8 Å². The lowest BCUT2D eigenvalue weighted by Crippen LogP contribution is -2.45. The highest BCUT2D eigenvalue weighted by molar-refractivity contribution is 5.91. The highest BCUT2D eigenvalue weighted by Crippen LogP contribution is 2.24. The lowest BCUT2D eigenvalue weighted by molar-refractivity contribution is -0.384. The molecule has 134 valence electrons. The number of rotatable bonds is 7. The van der Waals surface area contributed by atoms with Crippen LogP contribution in [0.4, 0.5) is 11.4 Å². The standard InChI is InChI=1S/C17H27N3O4/c1-12-10-13(20(23)24)6-7-14(12)18-16(22)8-9-19(5)15(11-21)17(2,3)4/h6-7,10,15,21H,8-9,11H2,1-5H3,(H,18,22). The van der Waals surface area contributed by atoms with Gasteiger partial charge in [0.1, 0.15) is 0 Å². The van der Waals surface area contributed by atoms with Crippen molar-refractivity contribution in [2.75, 3.05) is 25.5 Å². The van der Waals surface area contributed by atoms with Gasteiger partial charge >= 0.3 is 0 Å². The van der Waals surface area contributed by atoms with Crippen LogP contribution in [-0.4, -0.2) is 47.1 Å². The van der Waals surface area contributed by atoms with Crippen molar-refractivity contribution < 1.29 is 14.8 Å². The van der Waals surface area contributed by atoms with Crippen LogP contribution in [0.5, 0.6) is 0 Å². The highest BCUT2D eigenvalue weighted by Gasteiger charge is 2.27. The minimum absolute atomic E-state index is 0.00111. The quantitative estimate of drug-likeness (QED) is 0.589. The summed E-state index contributed by atoms with van der Waals surface area (Å²) in [6.07, 6.45) is 0.277. The molecule has 0 saturated carbocycles. The van der Waals surface area contributed by atoms with Crippen molar-refractivity contribution in [2.24, 2.45) is 5.41 Å². The summed E-state index contributed by atoms with van der Waals surface area (Å²) < 4.78 is 0. The molecule has 0 aromatic heterocycles. The van der Waals surface area contributed by atoms with Crippen LogP contribution >= 0.6 is 0 Å². The first-order valence-corrected chi connectivity index (χ1v) is 7.92. The second-order valence-electron chi connectivity index (χ2n) is 7.10. The molecule has 0 aliphatic heterocycles. The van der Waals surface area contributed by atoms with Crippen molar-refractivity contribution in [3.05, 3.63) is 33.9 Å². The van der Waals surface area contributed by atoms with Crippen LogP contribution < -0.4 is 5.32 Å². The first-order chi connectivity index (χ1) is 11.1. The number of amides is 1. The Morgan fingerprint density at radius 1 is 1.42 bits per heavy atom. The molecule has 1 aromatic rings. The molecule has 0 spiro atoms. The summed E-state index contributed by atoms with van der Waals surface area (Å²) in [5, 5.41) is 23.0. The molecule has 1 rings (SSSR count). The lowest BCUT2D eigenvalue weighted by atomic mass is 9.86. The van der Waals surface area contributed by atoms with Gasteiger partial charge in [-0.05, 0) is 31.0 Å². The maximum atomic E-state index is 12.1. The van der Waals surface area contributed by atoms with Crippen LogP contribution in [0.25, 0.3) is 0 Å². The normalized spacial score (nSPS) is 13.0. The van der Waals surface area contributed by atoms with Gasteiger partial charge in [0, 0.05) is 36.8 Å². The molecule has 0 saturated heterocycles. The summed E-state index contributed by atoms with van der Waals surface area (Å²) in [5.74, 6) is -0.163. The molecule has 0 radical (unpaired) electrons. The third-order valence-corrected chi connectivity index (χ3v) is 4.09. The number of aryl methyl sites for hydroxylation is 1. The number of hydrogen-bond donors (Lipinski definition) is 2. The molecule has 7 heteroatoms. The van der Waals surface area contributed by atoms with Gasteiger partial charge in [0.05, 0.1) is 11.5 Å². The predicted molar refractivity (Wildman–Crippen MR) is 94.0 cm³/mol. The number of nitro groups is 1. The zero-order valence-corrected chi connectivity index (χ0v) is 15.0. The van der Waals surface area contributed by atoms with Crippen LogP contribution in [0.2, 0.25) is 0 Å². The maximum Gasteiger partial charge on any atom is 0.269 e. The molecular weight excluding hydrogens is 310 g/mol. The fourth-order valence-electron chi connectivity index (χ4n) is 2.62. The van der Waals surface area contributed by atoms with E-state index >= 15 is 0 Å². The topological polar surface area (TPSA) is 95.7 Å². The minimum atomic E-state index is -0.463.